The summed E-state index contributed by atoms with van der Waals surface area (Å²) in [6, 6.07) is -0.903. The van der Waals surface area contributed by atoms with Gasteiger partial charge in [0.15, 0.2) is 0 Å². The molecule has 0 aromatic rings. The second-order valence-electron chi connectivity index (χ2n) is 5.23. The standard InChI is InChI=1S/C14H28N2O4/c1-10(2)9-12(14(18)20-5)16-11(3)13(17)15-7-6-8-19-4/h10-12,16H,6-9H2,1-5H3,(H,15,17). The summed E-state index contributed by atoms with van der Waals surface area (Å²) >= 11 is 0. The van der Waals surface area contributed by atoms with Crippen LogP contribution in [0.5, 0.6) is 0 Å². The van der Waals surface area contributed by atoms with Gasteiger partial charge in [-0.15, -0.1) is 0 Å². The fraction of sp³-hybridized carbons (Fsp3) is 0.857. The van der Waals surface area contributed by atoms with Crippen molar-refractivity contribution in [2.75, 3.05) is 27.4 Å². The van der Waals surface area contributed by atoms with Crippen molar-refractivity contribution in [2.45, 2.75) is 45.7 Å². The first-order chi connectivity index (χ1) is 9.42. The summed E-state index contributed by atoms with van der Waals surface area (Å²) in [5, 5.41) is 5.82. The van der Waals surface area contributed by atoms with Crippen LogP contribution in [0.4, 0.5) is 0 Å². The average Bonchev–Trinajstić information content (AvgIpc) is 2.41. The molecule has 0 heterocycles. The summed E-state index contributed by atoms with van der Waals surface area (Å²) in [7, 11) is 2.98. The maximum atomic E-state index is 11.9. The second-order valence-corrected chi connectivity index (χ2v) is 5.23. The molecule has 20 heavy (non-hydrogen) atoms. The minimum atomic E-state index is -0.459. The molecule has 0 saturated carbocycles. The maximum Gasteiger partial charge on any atom is 0.322 e. The van der Waals surface area contributed by atoms with E-state index in [1.807, 2.05) is 13.8 Å². The Hall–Kier alpha value is -1.14. The van der Waals surface area contributed by atoms with E-state index >= 15 is 0 Å². The fourth-order valence-electron chi connectivity index (χ4n) is 1.80. The number of hydrogen-bond acceptors (Lipinski definition) is 5. The predicted molar refractivity (Wildman–Crippen MR) is 77.4 cm³/mol. The van der Waals surface area contributed by atoms with E-state index in [0.717, 1.165) is 6.42 Å². The number of nitrogens with one attached hydrogen (secondary N) is 2. The Morgan fingerprint density at radius 2 is 1.80 bits per heavy atom. The van der Waals surface area contributed by atoms with E-state index in [1.165, 1.54) is 7.11 Å². The summed E-state index contributed by atoms with van der Waals surface area (Å²) < 4.78 is 9.67. The first-order valence-corrected chi connectivity index (χ1v) is 7.02. The van der Waals surface area contributed by atoms with Crippen LogP contribution in [0.2, 0.25) is 0 Å². The molecule has 0 saturated heterocycles. The van der Waals surface area contributed by atoms with E-state index in [9.17, 15) is 9.59 Å². The zero-order valence-corrected chi connectivity index (χ0v) is 13.2. The molecule has 6 heteroatoms. The van der Waals surface area contributed by atoms with Gasteiger partial charge in [0, 0.05) is 20.3 Å². The zero-order chi connectivity index (χ0) is 15.5. The maximum absolute atomic E-state index is 11.9. The van der Waals surface area contributed by atoms with E-state index < -0.39 is 12.1 Å². The molecule has 0 spiro atoms. The molecule has 0 aromatic heterocycles. The first-order valence-electron chi connectivity index (χ1n) is 7.02. The minimum absolute atomic E-state index is 0.126. The van der Waals surface area contributed by atoms with Gasteiger partial charge in [0.1, 0.15) is 6.04 Å². The van der Waals surface area contributed by atoms with Gasteiger partial charge < -0.3 is 14.8 Å². The molecule has 0 aromatic carbocycles. The number of rotatable bonds is 10. The summed E-state index contributed by atoms with van der Waals surface area (Å²) in [5.41, 5.74) is 0. The van der Waals surface area contributed by atoms with Gasteiger partial charge in [-0.1, -0.05) is 13.8 Å². The van der Waals surface area contributed by atoms with E-state index in [-0.39, 0.29) is 11.9 Å². The normalized spacial score (nSPS) is 13.9. The monoisotopic (exact) mass is 288 g/mol. The Kier molecular flexibility index (Phi) is 10.0. The molecule has 0 aliphatic heterocycles. The molecule has 0 rings (SSSR count). The van der Waals surface area contributed by atoms with Crippen molar-refractivity contribution in [1.29, 1.82) is 0 Å². The molecule has 1 amide bonds. The highest BCUT2D eigenvalue weighted by atomic mass is 16.5. The largest absolute Gasteiger partial charge is 0.468 e. The number of carbonyl (C=O) groups excluding carboxylic acids is 2. The number of esters is 1. The topological polar surface area (TPSA) is 76.7 Å². The average molecular weight is 288 g/mol. The molecule has 0 radical (unpaired) electrons. The van der Waals surface area contributed by atoms with Crippen molar-refractivity contribution in [3.63, 3.8) is 0 Å². The predicted octanol–water partition coefficient (Wildman–Crippen LogP) is 0.705. The van der Waals surface area contributed by atoms with Gasteiger partial charge in [0.05, 0.1) is 13.2 Å². The highest BCUT2D eigenvalue weighted by Crippen LogP contribution is 2.07. The molecular formula is C14H28N2O4. The molecule has 6 nitrogen and oxygen atoms in total. The number of ether oxygens (including phenoxy) is 2. The fourth-order valence-corrected chi connectivity index (χ4v) is 1.80. The number of carbonyl (C=O) groups is 2. The molecule has 2 unspecified atom stereocenters. The molecule has 0 aliphatic rings. The summed E-state index contributed by atoms with van der Waals surface area (Å²) in [5.74, 6) is -0.125. The SMILES string of the molecule is COCCCNC(=O)C(C)NC(CC(C)C)C(=O)OC. The number of amides is 1. The third-order valence-corrected chi connectivity index (χ3v) is 2.86. The molecule has 0 bridgehead atoms. The highest BCUT2D eigenvalue weighted by molar-refractivity contribution is 5.83. The Labute approximate surface area is 121 Å². The van der Waals surface area contributed by atoms with Crippen molar-refractivity contribution >= 4 is 11.9 Å². The Morgan fingerprint density at radius 3 is 2.30 bits per heavy atom. The van der Waals surface area contributed by atoms with Gasteiger partial charge in [0.2, 0.25) is 5.91 Å². The Morgan fingerprint density at radius 1 is 1.15 bits per heavy atom. The molecule has 2 atom stereocenters. The molecular weight excluding hydrogens is 260 g/mol. The van der Waals surface area contributed by atoms with Gasteiger partial charge in [-0.2, -0.15) is 0 Å². The molecule has 118 valence electrons. The Balaban J connectivity index is 4.25. The van der Waals surface area contributed by atoms with E-state index in [2.05, 4.69) is 10.6 Å². The van der Waals surface area contributed by atoms with Crippen LogP contribution in [0.15, 0.2) is 0 Å². The van der Waals surface area contributed by atoms with E-state index in [0.29, 0.717) is 25.5 Å². The van der Waals surface area contributed by atoms with Gasteiger partial charge in [-0.25, -0.2) is 0 Å². The zero-order valence-electron chi connectivity index (χ0n) is 13.2. The van der Waals surface area contributed by atoms with Gasteiger partial charge in [-0.05, 0) is 25.7 Å². The molecule has 2 N–H and O–H groups in total. The van der Waals surface area contributed by atoms with Crippen LogP contribution in [-0.2, 0) is 19.1 Å². The summed E-state index contributed by atoms with van der Waals surface area (Å²) in [6.45, 7) is 6.95. The lowest BCUT2D eigenvalue weighted by Gasteiger charge is -2.22. The number of hydrogen-bond donors (Lipinski definition) is 2. The highest BCUT2D eigenvalue weighted by Gasteiger charge is 2.24. The lowest BCUT2D eigenvalue weighted by molar-refractivity contribution is -0.144. The van der Waals surface area contributed by atoms with Crippen LogP contribution >= 0.6 is 0 Å². The van der Waals surface area contributed by atoms with Gasteiger partial charge in [0.25, 0.3) is 0 Å². The third kappa shape index (κ3) is 8.12. The lowest BCUT2D eigenvalue weighted by Crippen LogP contribution is -2.50. The quantitative estimate of drug-likeness (QED) is 0.457. The molecule has 0 fully saturated rings. The second kappa shape index (κ2) is 10.6. The van der Waals surface area contributed by atoms with Crippen LogP contribution in [0, 0.1) is 5.92 Å². The molecule has 0 aliphatic carbocycles. The van der Waals surface area contributed by atoms with Crippen LogP contribution < -0.4 is 10.6 Å². The first kappa shape index (κ1) is 18.9. The van der Waals surface area contributed by atoms with Crippen molar-refractivity contribution in [3.05, 3.63) is 0 Å². The lowest BCUT2D eigenvalue weighted by atomic mass is 10.0. The van der Waals surface area contributed by atoms with Crippen molar-refractivity contribution in [2.24, 2.45) is 5.92 Å². The Bertz CT molecular complexity index is 295. The summed E-state index contributed by atoms with van der Waals surface area (Å²) in [4.78, 5) is 23.5. The van der Waals surface area contributed by atoms with E-state index in [4.69, 9.17) is 9.47 Å². The third-order valence-electron chi connectivity index (χ3n) is 2.86. The van der Waals surface area contributed by atoms with Crippen molar-refractivity contribution < 1.29 is 19.1 Å². The van der Waals surface area contributed by atoms with Crippen LogP contribution in [0.1, 0.15) is 33.6 Å². The smallest absolute Gasteiger partial charge is 0.322 e. The van der Waals surface area contributed by atoms with Gasteiger partial charge in [-0.3, -0.25) is 14.9 Å². The van der Waals surface area contributed by atoms with Gasteiger partial charge >= 0.3 is 5.97 Å². The van der Waals surface area contributed by atoms with Crippen LogP contribution in [0.3, 0.4) is 0 Å². The van der Waals surface area contributed by atoms with Crippen molar-refractivity contribution in [1.82, 2.24) is 10.6 Å². The van der Waals surface area contributed by atoms with Crippen LogP contribution in [0.25, 0.3) is 0 Å². The van der Waals surface area contributed by atoms with Crippen molar-refractivity contribution in [3.8, 4) is 0 Å². The summed E-state index contributed by atoms with van der Waals surface area (Å²) in [6.07, 6.45) is 1.40. The van der Waals surface area contributed by atoms with E-state index in [1.54, 1.807) is 14.0 Å². The number of methoxy groups -OCH3 is 2. The van der Waals surface area contributed by atoms with Crippen LogP contribution in [-0.4, -0.2) is 51.3 Å². The minimum Gasteiger partial charge on any atom is -0.468 e.